The van der Waals surface area contributed by atoms with Crippen LogP contribution in [0.2, 0.25) is 0 Å². The Hall–Kier alpha value is -2.96. The van der Waals surface area contributed by atoms with Gasteiger partial charge in [-0.3, -0.25) is 4.79 Å². The van der Waals surface area contributed by atoms with Crippen LogP contribution in [0.25, 0.3) is 11.3 Å². The Morgan fingerprint density at radius 3 is 2.17 bits per heavy atom. The molecule has 2 aromatic carbocycles. The second kappa shape index (κ2) is 11.2. The van der Waals surface area contributed by atoms with E-state index in [1.54, 1.807) is 7.11 Å². The smallest absolute Gasteiger partial charge is 0.249 e. The van der Waals surface area contributed by atoms with Crippen molar-refractivity contribution in [3.05, 3.63) is 78.2 Å². The maximum absolute atomic E-state index is 13.4. The lowest BCUT2D eigenvalue weighted by Crippen LogP contribution is -2.47. The van der Waals surface area contributed by atoms with E-state index in [1.807, 2.05) is 55.1 Å². The number of methoxy groups -OCH3 is 1. The van der Waals surface area contributed by atoms with Gasteiger partial charge in [0.15, 0.2) is 0 Å². The highest BCUT2D eigenvalue weighted by atomic mass is 16.5. The van der Waals surface area contributed by atoms with Gasteiger partial charge in [-0.1, -0.05) is 81.4 Å². The van der Waals surface area contributed by atoms with Crippen LogP contribution < -0.4 is 5.73 Å². The van der Waals surface area contributed by atoms with Crippen molar-refractivity contribution in [3.63, 3.8) is 0 Å². The SMILES string of the molecule is COCC(=O)N(CCC(C)(C)N)C(c1nc(-c2ccccc2)cn1Cc1ccccc1)C(C)(C)C. The summed E-state index contributed by atoms with van der Waals surface area (Å²) in [7, 11) is 1.55. The van der Waals surface area contributed by atoms with Gasteiger partial charge in [-0.15, -0.1) is 0 Å². The lowest BCUT2D eigenvalue weighted by molar-refractivity contribution is -0.141. The summed E-state index contributed by atoms with van der Waals surface area (Å²) in [6.07, 6.45) is 2.77. The Morgan fingerprint density at radius 1 is 1.03 bits per heavy atom. The van der Waals surface area contributed by atoms with Crippen LogP contribution in [0.4, 0.5) is 0 Å². The van der Waals surface area contributed by atoms with E-state index in [0.717, 1.165) is 17.1 Å². The number of nitrogens with zero attached hydrogens (tertiary/aromatic N) is 3. The molecule has 3 rings (SSSR count). The molecule has 188 valence electrons. The average molecular weight is 477 g/mol. The highest BCUT2D eigenvalue weighted by Crippen LogP contribution is 2.39. The molecule has 0 saturated heterocycles. The Morgan fingerprint density at radius 2 is 1.63 bits per heavy atom. The molecular weight excluding hydrogens is 436 g/mol. The van der Waals surface area contributed by atoms with E-state index in [4.69, 9.17) is 15.5 Å². The van der Waals surface area contributed by atoms with Crippen molar-refractivity contribution in [2.45, 2.75) is 59.2 Å². The van der Waals surface area contributed by atoms with E-state index in [9.17, 15) is 4.79 Å². The molecular formula is C29H40N4O2. The summed E-state index contributed by atoms with van der Waals surface area (Å²) >= 11 is 0. The summed E-state index contributed by atoms with van der Waals surface area (Å²) in [5.41, 5.74) is 8.76. The first-order chi connectivity index (χ1) is 16.5. The van der Waals surface area contributed by atoms with Gasteiger partial charge in [-0.2, -0.15) is 0 Å². The van der Waals surface area contributed by atoms with Crippen molar-refractivity contribution in [1.29, 1.82) is 0 Å². The molecule has 1 atom stereocenters. The van der Waals surface area contributed by atoms with Crippen LogP contribution in [0.5, 0.6) is 0 Å². The molecule has 0 fully saturated rings. The zero-order valence-corrected chi connectivity index (χ0v) is 22.0. The summed E-state index contributed by atoms with van der Waals surface area (Å²) in [5, 5.41) is 0. The predicted molar refractivity (Wildman–Crippen MR) is 142 cm³/mol. The summed E-state index contributed by atoms with van der Waals surface area (Å²) in [6.45, 7) is 11.6. The number of nitrogens with two attached hydrogens (primary N) is 1. The maximum atomic E-state index is 13.4. The zero-order chi connectivity index (χ0) is 25.6. The minimum absolute atomic E-state index is 0.0164. The average Bonchev–Trinajstić information content (AvgIpc) is 3.19. The molecule has 0 bridgehead atoms. The number of amides is 1. The van der Waals surface area contributed by atoms with Crippen molar-refractivity contribution in [2.75, 3.05) is 20.3 Å². The zero-order valence-electron chi connectivity index (χ0n) is 22.0. The van der Waals surface area contributed by atoms with Crippen molar-refractivity contribution in [1.82, 2.24) is 14.5 Å². The number of benzene rings is 2. The van der Waals surface area contributed by atoms with Crippen molar-refractivity contribution < 1.29 is 9.53 Å². The molecule has 0 radical (unpaired) electrons. The fraction of sp³-hybridized carbons (Fsp3) is 0.448. The fourth-order valence-corrected chi connectivity index (χ4v) is 4.31. The van der Waals surface area contributed by atoms with Gasteiger partial charge < -0.3 is 19.9 Å². The first kappa shape index (κ1) is 26.6. The molecule has 0 aliphatic carbocycles. The van der Waals surface area contributed by atoms with Crippen molar-refractivity contribution in [3.8, 4) is 11.3 Å². The molecule has 2 N–H and O–H groups in total. The number of carbonyl (C=O) groups is 1. The minimum Gasteiger partial charge on any atom is -0.375 e. The first-order valence-electron chi connectivity index (χ1n) is 12.2. The number of ether oxygens (including phenoxy) is 1. The summed E-state index contributed by atoms with van der Waals surface area (Å²) in [5.74, 6) is 0.798. The summed E-state index contributed by atoms with van der Waals surface area (Å²) < 4.78 is 7.45. The highest BCUT2D eigenvalue weighted by molar-refractivity contribution is 5.78. The third-order valence-corrected chi connectivity index (χ3v) is 6.03. The first-order valence-corrected chi connectivity index (χ1v) is 12.2. The van der Waals surface area contributed by atoms with Crippen LogP contribution in [0, 0.1) is 5.41 Å². The van der Waals surface area contributed by atoms with Gasteiger partial charge in [0, 0.05) is 37.5 Å². The van der Waals surface area contributed by atoms with Gasteiger partial charge in [-0.25, -0.2) is 4.98 Å². The van der Waals surface area contributed by atoms with E-state index < -0.39 is 5.54 Å². The topological polar surface area (TPSA) is 73.4 Å². The number of aromatic nitrogens is 2. The number of carbonyl (C=O) groups excluding carboxylic acids is 1. The molecule has 0 spiro atoms. The largest absolute Gasteiger partial charge is 0.375 e. The van der Waals surface area contributed by atoms with Gasteiger partial charge in [0.2, 0.25) is 5.91 Å². The van der Waals surface area contributed by atoms with E-state index in [-0.39, 0.29) is 24.0 Å². The molecule has 1 aromatic heterocycles. The standard InChI is InChI=1S/C29H40N4O2/c1-28(2,3)26(33(25(34)21-35-6)18-17-29(4,5)30)27-31-24(23-15-11-8-12-16-23)20-32(27)19-22-13-9-7-10-14-22/h7-16,20,26H,17-19,21,30H2,1-6H3. The molecule has 1 amide bonds. The minimum atomic E-state index is -0.400. The summed E-state index contributed by atoms with van der Waals surface area (Å²) in [4.78, 5) is 20.5. The quantitative estimate of drug-likeness (QED) is 0.432. The van der Waals surface area contributed by atoms with Crippen LogP contribution in [-0.2, 0) is 16.1 Å². The van der Waals surface area contributed by atoms with Gasteiger partial charge >= 0.3 is 0 Å². The van der Waals surface area contributed by atoms with Gasteiger partial charge in [0.1, 0.15) is 12.4 Å². The predicted octanol–water partition coefficient (Wildman–Crippen LogP) is 5.29. The van der Waals surface area contributed by atoms with Gasteiger partial charge in [0.25, 0.3) is 0 Å². The maximum Gasteiger partial charge on any atom is 0.249 e. The number of hydrogen-bond donors (Lipinski definition) is 1. The van der Waals surface area contributed by atoms with Crippen LogP contribution in [0.3, 0.4) is 0 Å². The molecule has 1 heterocycles. The third-order valence-electron chi connectivity index (χ3n) is 6.03. The van der Waals surface area contributed by atoms with Gasteiger partial charge in [-0.05, 0) is 31.2 Å². The number of hydrogen-bond acceptors (Lipinski definition) is 4. The Kier molecular flexibility index (Phi) is 8.51. The molecule has 6 heteroatoms. The van der Waals surface area contributed by atoms with Crippen LogP contribution in [0.1, 0.15) is 58.5 Å². The van der Waals surface area contributed by atoms with Crippen molar-refractivity contribution in [2.24, 2.45) is 11.1 Å². The third kappa shape index (κ3) is 7.26. The monoisotopic (exact) mass is 476 g/mol. The lowest BCUT2D eigenvalue weighted by Gasteiger charge is -2.41. The van der Waals surface area contributed by atoms with E-state index in [1.165, 1.54) is 5.56 Å². The lowest BCUT2D eigenvalue weighted by atomic mass is 9.84. The molecule has 6 nitrogen and oxygen atoms in total. The van der Waals surface area contributed by atoms with Crippen LogP contribution in [-0.4, -0.2) is 46.2 Å². The van der Waals surface area contributed by atoms with E-state index in [2.05, 4.69) is 55.8 Å². The molecule has 0 aliphatic heterocycles. The molecule has 3 aromatic rings. The molecule has 35 heavy (non-hydrogen) atoms. The van der Waals surface area contributed by atoms with E-state index in [0.29, 0.717) is 19.5 Å². The Labute approximate surface area is 210 Å². The number of rotatable bonds is 10. The second-order valence-corrected chi connectivity index (χ2v) is 11.0. The van der Waals surface area contributed by atoms with E-state index >= 15 is 0 Å². The number of imidazole rings is 1. The normalized spacial score (nSPS) is 13.0. The molecule has 0 saturated carbocycles. The molecule has 0 aliphatic rings. The Bertz CT molecular complexity index is 1080. The second-order valence-electron chi connectivity index (χ2n) is 11.0. The van der Waals surface area contributed by atoms with Crippen LogP contribution in [0.15, 0.2) is 66.9 Å². The summed E-state index contributed by atoms with van der Waals surface area (Å²) in [6, 6.07) is 20.2. The van der Waals surface area contributed by atoms with Crippen LogP contribution >= 0.6 is 0 Å². The Balaban J connectivity index is 2.15. The van der Waals surface area contributed by atoms with Gasteiger partial charge in [0.05, 0.1) is 11.7 Å². The molecule has 1 unspecified atom stereocenters. The highest BCUT2D eigenvalue weighted by Gasteiger charge is 2.38. The fourth-order valence-electron chi connectivity index (χ4n) is 4.31. The van der Waals surface area contributed by atoms with Crippen molar-refractivity contribution >= 4 is 5.91 Å².